The average Bonchev–Trinajstić information content (AvgIpc) is 3.10. The van der Waals surface area contributed by atoms with Crippen LogP contribution in [-0.2, 0) is 14.9 Å². The van der Waals surface area contributed by atoms with Gasteiger partial charge in [-0.15, -0.1) is 0 Å². The lowest BCUT2D eigenvalue weighted by molar-refractivity contribution is -0.132. The van der Waals surface area contributed by atoms with Crippen molar-refractivity contribution < 1.29 is 9.53 Å². The molecule has 128 valence electrons. The summed E-state index contributed by atoms with van der Waals surface area (Å²) in [4.78, 5) is 18.1. The van der Waals surface area contributed by atoms with Crippen LogP contribution in [0.2, 0.25) is 0 Å². The van der Waals surface area contributed by atoms with Crippen LogP contribution in [0.5, 0.6) is 0 Å². The maximum absolute atomic E-state index is 13.2. The van der Waals surface area contributed by atoms with E-state index in [2.05, 4.69) is 40.1 Å². The summed E-state index contributed by atoms with van der Waals surface area (Å²) in [5.41, 5.74) is 4.35. The van der Waals surface area contributed by atoms with Crippen molar-refractivity contribution in [3.8, 4) is 0 Å². The molecule has 1 aliphatic carbocycles. The molecule has 1 spiro atoms. The summed E-state index contributed by atoms with van der Waals surface area (Å²) in [5, 5.41) is 0. The molecule has 3 saturated heterocycles. The lowest BCUT2D eigenvalue weighted by atomic mass is 9.53. The highest BCUT2D eigenvalue weighted by molar-refractivity contribution is 5.99. The van der Waals surface area contributed by atoms with Crippen LogP contribution in [0.25, 0.3) is 0 Å². The van der Waals surface area contributed by atoms with E-state index in [0.717, 1.165) is 6.54 Å². The Morgan fingerprint density at radius 2 is 2.16 bits per heavy atom. The molecule has 1 aromatic carbocycles. The summed E-state index contributed by atoms with van der Waals surface area (Å²) in [5.74, 6) is 1.35. The molecule has 0 unspecified atom stereocenters. The van der Waals surface area contributed by atoms with Crippen molar-refractivity contribution in [2.75, 3.05) is 24.6 Å². The van der Waals surface area contributed by atoms with Gasteiger partial charge in [0.1, 0.15) is 0 Å². The highest BCUT2D eigenvalue weighted by Gasteiger charge is 2.70. The van der Waals surface area contributed by atoms with E-state index < -0.39 is 0 Å². The highest BCUT2D eigenvalue weighted by atomic mass is 16.5. The van der Waals surface area contributed by atoms with Gasteiger partial charge in [-0.2, -0.15) is 0 Å². The Labute approximate surface area is 147 Å². The van der Waals surface area contributed by atoms with Crippen LogP contribution in [0.4, 0.5) is 5.69 Å². The van der Waals surface area contributed by atoms with Crippen LogP contribution in [-0.4, -0.2) is 48.7 Å². The summed E-state index contributed by atoms with van der Waals surface area (Å²) in [6.45, 7) is 2.97. The van der Waals surface area contributed by atoms with Gasteiger partial charge in [0.15, 0.2) is 0 Å². The number of ether oxygens (including phenoxy) is 1. The maximum atomic E-state index is 13.2. The van der Waals surface area contributed by atoms with E-state index in [-0.39, 0.29) is 17.4 Å². The third-order valence-electron chi connectivity index (χ3n) is 8.22. The van der Waals surface area contributed by atoms with Gasteiger partial charge in [-0.3, -0.25) is 9.69 Å². The monoisotopic (exact) mass is 334 g/mol. The number of anilines is 1. The second-order valence-corrected chi connectivity index (χ2v) is 8.78. The first kappa shape index (κ1) is 13.5. The van der Waals surface area contributed by atoms with Crippen molar-refractivity contribution >= 4 is 11.6 Å². The number of carbonyl (C=O) groups is 1. The number of hydrogen-bond acceptors (Lipinski definition) is 3. The Balaban J connectivity index is 1.55. The number of para-hydroxylation sites is 1. The minimum absolute atomic E-state index is 0.104. The zero-order chi connectivity index (χ0) is 16.3. The third kappa shape index (κ3) is 1.33. The van der Waals surface area contributed by atoms with Crippen molar-refractivity contribution in [3.05, 3.63) is 41.5 Å². The molecule has 5 heterocycles. The summed E-state index contributed by atoms with van der Waals surface area (Å²) >= 11 is 0. The van der Waals surface area contributed by atoms with E-state index in [0.29, 0.717) is 36.9 Å². The van der Waals surface area contributed by atoms with Crippen molar-refractivity contribution in [1.29, 1.82) is 0 Å². The number of piperidine rings is 2. The van der Waals surface area contributed by atoms with E-state index >= 15 is 0 Å². The second kappa shape index (κ2) is 4.18. The van der Waals surface area contributed by atoms with Gasteiger partial charge in [0.05, 0.1) is 25.2 Å². The molecule has 4 fully saturated rings. The number of nitrogens with zero attached hydrogens (tertiary/aromatic N) is 2. The molecule has 2 bridgehead atoms. The predicted octanol–water partition coefficient (Wildman–Crippen LogP) is 2.09. The number of rotatable bonds is 0. The summed E-state index contributed by atoms with van der Waals surface area (Å²) in [6, 6.07) is 9.64. The van der Waals surface area contributed by atoms with Gasteiger partial charge < -0.3 is 9.64 Å². The molecule has 0 aromatic heterocycles. The number of amides is 1. The zero-order valence-electron chi connectivity index (χ0n) is 14.2. The quantitative estimate of drug-likeness (QED) is 0.681. The Kier molecular flexibility index (Phi) is 2.27. The van der Waals surface area contributed by atoms with Gasteiger partial charge in [-0.05, 0) is 36.9 Å². The van der Waals surface area contributed by atoms with Crippen molar-refractivity contribution in [3.63, 3.8) is 0 Å². The lowest BCUT2D eigenvalue weighted by Crippen LogP contribution is -2.69. The fraction of sp³-hybridized carbons (Fsp3) is 0.571. The molecular weight excluding hydrogens is 312 g/mol. The minimum Gasteiger partial charge on any atom is -0.373 e. The SMILES string of the molecule is O=C1C[C@@H]2OCC=C3CN4CC[C@]56c7ccccc7N1[C@H]5[C@@H]2[C@H]3C[C@H]46. The first-order valence-electron chi connectivity index (χ1n) is 9.75. The van der Waals surface area contributed by atoms with Crippen LogP contribution in [0, 0.1) is 11.8 Å². The summed E-state index contributed by atoms with van der Waals surface area (Å²) in [7, 11) is 0. The van der Waals surface area contributed by atoms with Crippen LogP contribution in [0.15, 0.2) is 35.9 Å². The average molecular weight is 334 g/mol. The van der Waals surface area contributed by atoms with Gasteiger partial charge in [-0.25, -0.2) is 0 Å². The van der Waals surface area contributed by atoms with Crippen LogP contribution in [0.3, 0.4) is 0 Å². The largest absolute Gasteiger partial charge is 0.373 e. The molecule has 0 N–H and O–H groups in total. The van der Waals surface area contributed by atoms with Gasteiger partial charge in [0.2, 0.25) is 5.91 Å². The maximum Gasteiger partial charge on any atom is 0.229 e. The molecule has 1 amide bonds. The van der Waals surface area contributed by atoms with Crippen LogP contribution >= 0.6 is 0 Å². The van der Waals surface area contributed by atoms with E-state index in [1.54, 1.807) is 5.57 Å². The Bertz CT molecular complexity index is 848. The molecule has 1 saturated carbocycles. The predicted molar refractivity (Wildman–Crippen MR) is 93.4 cm³/mol. The normalized spacial score (nSPS) is 45.9. The molecule has 7 rings (SSSR count). The first-order valence-corrected chi connectivity index (χ1v) is 9.75. The van der Waals surface area contributed by atoms with Crippen molar-refractivity contribution in [2.45, 2.75) is 42.9 Å². The fourth-order valence-corrected chi connectivity index (χ4v) is 7.51. The van der Waals surface area contributed by atoms with Crippen molar-refractivity contribution in [1.82, 2.24) is 4.90 Å². The highest BCUT2D eigenvalue weighted by Crippen LogP contribution is 2.65. The molecule has 6 atom stereocenters. The number of hydrogen-bond donors (Lipinski definition) is 0. The van der Waals surface area contributed by atoms with E-state index in [9.17, 15) is 4.79 Å². The van der Waals surface area contributed by atoms with Gasteiger partial charge >= 0.3 is 0 Å². The van der Waals surface area contributed by atoms with E-state index in [4.69, 9.17) is 4.74 Å². The van der Waals surface area contributed by atoms with Gasteiger partial charge in [0.25, 0.3) is 0 Å². The molecular formula is C21H22N2O2. The lowest BCUT2D eigenvalue weighted by Gasteiger charge is -2.58. The fourth-order valence-electron chi connectivity index (χ4n) is 7.51. The molecule has 5 aliphatic heterocycles. The first-order chi connectivity index (χ1) is 12.3. The molecule has 6 aliphatic rings. The Morgan fingerprint density at radius 3 is 3.12 bits per heavy atom. The second-order valence-electron chi connectivity index (χ2n) is 8.78. The molecule has 1 aromatic rings. The number of carbonyl (C=O) groups excluding carboxylic acids is 1. The van der Waals surface area contributed by atoms with Gasteiger partial charge in [0, 0.05) is 29.6 Å². The van der Waals surface area contributed by atoms with Crippen LogP contribution in [0.1, 0.15) is 24.8 Å². The minimum atomic E-state index is 0.104. The third-order valence-corrected chi connectivity index (χ3v) is 8.22. The summed E-state index contributed by atoms with van der Waals surface area (Å²) in [6.07, 6.45) is 5.43. The summed E-state index contributed by atoms with van der Waals surface area (Å²) < 4.78 is 6.25. The molecule has 4 nitrogen and oxygen atoms in total. The number of fused-ring (bicyclic) bond motifs is 2. The van der Waals surface area contributed by atoms with E-state index in [1.807, 2.05) is 0 Å². The Morgan fingerprint density at radius 1 is 1.24 bits per heavy atom. The van der Waals surface area contributed by atoms with Crippen molar-refractivity contribution in [2.24, 2.45) is 11.8 Å². The smallest absolute Gasteiger partial charge is 0.229 e. The molecule has 25 heavy (non-hydrogen) atoms. The standard InChI is InChI=1S/C21H22N2O2/c24-18-10-16-19-13-9-17-21(6-7-22(17)11-12(13)5-8-25-16)14-3-1-2-4-15(14)23(18)20(19)21/h1-5,13,16-17,19-20H,6-11H2/t13-,16-,17-,19+,20-,21+/m0/s1. The van der Waals surface area contributed by atoms with E-state index in [1.165, 1.54) is 30.6 Å². The van der Waals surface area contributed by atoms with Gasteiger partial charge in [-0.1, -0.05) is 29.8 Å². The zero-order valence-corrected chi connectivity index (χ0v) is 14.2. The van der Waals surface area contributed by atoms with Crippen LogP contribution < -0.4 is 4.90 Å². The Hall–Kier alpha value is -1.65. The molecule has 0 radical (unpaired) electrons. The topological polar surface area (TPSA) is 32.8 Å². The molecule has 4 heteroatoms. The number of benzene rings is 1.